The van der Waals surface area contributed by atoms with Crippen molar-refractivity contribution in [2.45, 2.75) is 63.2 Å². The molecule has 4 atom stereocenters. The molecule has 2 amide bonds. The molecule has 0 bridgehead atoms. The number of amides is 2. The lowest BCUT2D eigenvalue weighted by molar-refractivity contribution is -0.684. The third-order valence-corrected chi connectivity index (χ3v) is 9.41. The Labute approximate surface area is 251 Å². The quantitative estimate of drug-likeness (QED) is 0.120. The van der Waals surface area contributed by atoms with E-state index in [0.29, 0.717) is 11.5 Å². The lowest BCUT2D eigenvalue weighted by Gasteiger charge is -2.49. The van der Waals surface area contributed by atoms with Gasteiger partial charge < -0.3 is 24.5 Å². The van der Waals surface area contributed by atoms with Crippen LogP contribution in [-0.4, -0.2) is 56.0 Å². The number of aromatic nitrogens is 1. The number of pyridine rings is 1. The Kier molecular flexibility index (Phi) is 9.76. The number of nitrogens with zero attached hydrogens (tertiary/aromatic N) is 3. The number of methoxy groups -OCH3 is 1. The molecule has 2 aromatic rings. The molecule has 0 aliphatic carbocycles. The lowest BCUT2D eigenvalue weighted by Crippen LogP contribution is -2.65. The number of nitriles is 1. The number of primary amides is 1. The molecule has 2 aliphatic rings. The first kappa shape index (κ1) is 31.3. The molecule has 0 spiro atoms. The highest BCUT2D eigenvalue weighted by Crippen LogP contribution is 2.50. The zero-order chi connectivity index (χ0) is 30.6. The van der Waals surface area contributed by atoms with E-state index in [0.717, 1.165) is 16.0 Å². The molecule has 0 unspecified atom stereocenters. The molecular weight excluding hydrogens is 573 g/mol. The second kappa shape index (κ2) is 13.1. The third-order valence-electron chi connectivity index (χ3n) is 7.27. The van der Waals surface area contributed by atoms with Crippen LogP contribution in [-0.2, 0) is 36.7 Å². The van der Waals surface area contributed by atoms with E-state index >= 15 is 0 Å². The van der Waals surface area contributed by atoms with Gasteiger partial charge in [0.05, 0.1) is 31.2 Å². The van der Waals surface area contributed by atoms with Crippen molar-refractivity contribution in [2.75, 3.05) is 12.9 Å². The van der Waals surface area contributed by atoms with Crippen molar-refractivity contribution in [2.24, 2.45) is 17.6 Å². The van der Waals surface area contributed by atoms with Gasteiger partial charge in [-0.1, -0.05) is 12.1 Å². The molecule has 1 saturated heterocycles. The topological polar surface area (TPSA) is 136 Å². The van der Waals surface area contributed by atoms with Crippen LogP contribution in [0.2, 0.25) is 19.6 Å². The van der Waals surface area contributed by atoms with Crippen LogP contribution in [0.25, 0.3) is 0 Å². The van der Waals surface area contributed by atoms with Gasteiger partial charge in [0.2, 0.25) is 12.5 Å². The maximum atomic E-state index is 13.6. The van der Waals surface area contributed by atoms with Crippen molar-refractivity contribution < 1.29 is 32.9 Å². The summed E-state index contributed by atoms with van der Waals surface area (Å²) in [6, 6.07) is 12.8. The van der Waals surface area contributed by atoms with Gasteiger partial charge in [-0.3, -0.25) is 9.59 Å². The fraction of sp³-hybridized carbons (Fsp3) is 0.433. The molecule has 1 aromatic heterocycles. The number of ether oxygens (including phenoxy) is 2. The van der Waals surface area contributed by atoms with Crippen molar-refractivity contribution >= 4 is 37.9 Å². The molecule has 42 heavy (non-hydrogen) atoms. The van der Waals surface area contributed by atoms with Gasteiger partial charge >= 0.3 is 5.97 Å². The number of hydrogen-bond donors (Lipinski definition) is 1. The Hall–Kier alpha value is -3.66. The zero-order valence-corrected chi connectivity index (χ0v) is 26.3. The summed E-state index contributed by atoms with van der Waals surface area (Å²) in [6.45, 7) is 8.21. The summed E-state index contributed by atoms with van der Waals surface area (Å²) in [5.41, 5.74) is 7.01. The molecule has 4 rings (SSSR count). The van der Waals surface area contributed by atoms with Crippen LogP contribution in [0.15, 0.2) is 65.0 Å². The summed E-state index contributed by atoms with van der Waals surface area (Å²) in [6.07, 6.45) is 3.33. The molecule has 0 saturated carbocycles. The van der Waals surface area contributed by atoms with Crippen molar-refractivity contribution in [3.8, 4) is 11.8 Å². The number of carbonyl (C=O) groups excluding carboxylic acids is 3. The summed E-state index contributed by atoms with van der Waals surface area (Å²) in [5, 5.41) is 9.78. The maximum Gasteiger partial charge on any atom is 0.355 e. The van der Waals surface area contributed by atoms with Gasteiger partial charge in [-0.15, -0.1) is 11.8 Å². The number of thioether (sulfide) groups is 1. The van der Waals surface area contributed by atoms with E-state index in [1.807, 2.05) is 31.2 Å². The summed E-state index contributed by atoms with van der Waals surface area (Å²) in [5.74, 6) is -0.920. The van der Waals surface area contributed by atoms with E-state index in [-0.39, 0.29) is 49.2 Å². The summed E-state index contributed by atoms with van der Waals surface area (Å²) in [4.78, 5) is 40.9. The Morgan fingerprint density at radius 2 is 1.83 bits per heavy atom. The first-order valence-corrected chi connectivity index (χ1v) is 18.1. The van der Waals surface area contributed by atoms with E-state index in [2.05, 4.69) is 25.7 Å². The van der Waals surface area contributed by atoms with E-state index in [1.165, 1.54) is 16.7 Å². The van der Waals surface area contributed by atoms with Gasteiger partial charge in [-0.2, -0.15) is 9.83 Å². The van der Waals surface area contributed by atoms with Crippen molar-refractivity contribution in [3.05, 3.63) is 65.6 Å². The van der Waals surface area contributed by atoms with Crippen molar-refractivity contribution in [3.63, 3.8) is 0 Å². The van der Waals surface area contributed by atoms with E-state index < -0.39 is 26.1 Å². The van der Waals surface area contributed by atoms with Crippen LogP contribution >= 0.6 is 11.8 Å². The highest BCUT2D eigenvalue weighted by atomic mass is 32.2. The minimum absolute atomic E-state index is 0.0273. The van der Waals surface area contributed by atoms with Gasteiger partial charge in [-0.05, 0) is 49.8 Å². The maximum absolute atomic E-state index is 13.6. The van der Waals surface area contributed by atoms with Crippen LogP contribution < -0.4 is 15.0 Å². The lowest BCUT2D eigenvalue weighted by atomic mass is 9.76. The van der Waals surface area contributed by atoms with Crippen LogP contribution in [0.5, 0.6) is 5.75 Å². The summed E-state index contributed by atoms with van der Waals surface area (Å²) < 4.78 is 18.9. The third kappa shape index (κ3) is 7.03. The van der Waals surface area contributed by atoms with Crippen molar-refractivity contribution in [1.29, 1.82) is 5.26 Å². The first-order valence-electron chi connectivity index (χ1n) is 13.7. The fourth-order valence-corrected chi connectivity index (χ4v) is 7.79. The standard InChI is InChI=1S/C30H36N4O6SSi/c1-19(40-42(3,4)5)26-27-23(10-13-31)24(18-41-22-11-14-33(15-12-22)16-25(32)35)28(34(27)29(26)36)30(37)39-17-20-6-8-21(38-2)9-7-20/h6-9,11-12,14-15,19,23,26-27H,10,16-18H2,1-5H3,(H-,32,35)/p+1/t19-,23+,26-,27-/m1/s1. The normalized spacial score (nSPS) is 20.4. The number of nitrogens with two attached hydrogens (primary N) is 1. The molecule has 2 aliphatic heterocycles. The predicted molar refractivity (Wildman–Crippen MR) is 158 cm³/mol. The second-order valence-electron chi connectivity index (χ2n) is 11.4. The molecule has 3 heterocycles. The van der Waals surface area contributed by atoms with Crippen molar-refractivity contribution in [1.82, 2.24) is 4.90 Å². The highest BCUT2D eigenvalue weighted by Gasteiger charge is 2.61. The van der Waals surface area contributed by atoms with Gasteiger partial charge in [0.1, 0.15) is 18.1 Å². The first-order chi connectivity index (χ1) is 19.9. The Morgan fingerprint density at radius 1 is 1.17 bits per heavy atom. The van der Waals surface area contributed by atoms with Gasteiger partial charge in [-0.25, -0.2) is 4.79 Å². The van der Waals surface area contributed by atoms with Gasteiger partial charge in [0.25, 0.3) is 5.91 Å². The van der Waals surface area contributed by atoms with Crippen LogP contribution in [0.4, 0.5) is 0 Å². The number of β-lactam (4-membered cyclic amide) rings is 1. The Balaban J connectivity index is 1.61. The number of benzene rings is 1. The fourth-order valence-electron chi connectivity index (χ4n) is 5.54. The van der Waals surface area contributed by atoms with Crippen LogP contribution in [0.3, 0.4) is 0 Å². The van der Waals surface area contributed by atoms with Crippen LogP contribution in [0, 0.1) is 23.2 Å². The average molecular weight is 610 g/mol. The summed E-state index contributed by atoms with van der Waals surface area (Å²) >= 11 is 1.49. The molecule has 12 heteroatoms. The zero-order valence-electron chi connectivity index (χ0n) is 24.5. The van der Waals surface area contributed by atoms with E-state index in [9.17, 15) is 19.6 Å². The number of carbonyl (C=O) groups is 3. The minimum Gasteiger partial charge on any atom is -0.497 e. The molecule has 0 radical (unpaired) electrons. The van der Waals surface area contributed by atoms with Gasteiger partial charge in [0.15, 0.2) is 20.7 Å². The van der Waals surface area contributed by atoms with E-state index in [1.54, 1.807) is 36.2 Å². The van der Waals surface area contributed by atoms with E-state index in [4.69, 9.17) is 19.6 Å². The SMILES string of the molecule is COc1ccc(COC(=O)C2=C(CSc3cc[n+](CC(N)=O)cc3)[C@H](CC#N)[C@@H]3[C@@H]([C@@H](C)O[Si](C)(C)C)C(=O)N23)cc1. The van der Waals surface area contributed by atoms with Gasteiger partial charge in [0, 0.05) is 35.1 Å². The summed E-state index contributed by atoms with van der Waals surface area (Å²) in [7, 11) is -0.372. The molecule has 1 fully saturated rings. The Morgan fingerprint density at radius 3 is 2.40 bits per heavy atom. The molecule has 222 valence electrons. The largest absolute Gasteiger partial charge is 0.497 e. The molecule has 10 nitrogen and oxygen atoms in total. The molecule has 2 N–H and O–H groups in total. The highest BCUT2D eigenvalue weighted by molar-refractivity contribution is 7.99. The number of hydrogen-bond acceptors (Lipinski definition) is 8. The number of esters is 1. The minimum atomic E-state index is -1.95. The average Bonchev–Trinajstić information content (AvgIpc) is 3.19. The number of rotatable bonds is 13. The smallest absolute Gasteiger partial charge is 0.355 e. The molecular formula is C30H37N4O6SSi+. The Bertz CT molecular complexity index is 1400. The molecule has 1 aromatic carbocycles. The predicted octanol–water partition coefficient (Wildman–Crippen LogP) is 3.17. The number of fused-ring (bicyclic) bond motifs is 1. The van der Waals surface area contributed by atoms with Crippen LogP contribution in [0.1, 0.15) is 18.9 Å². The second-order valence-corrected chi connectivity index (χ2v) is 16.9. The monoisotopic (exact) mass is 609 g/mol.